The molecule has 0 fully saturated rings. The molecule has 1 N–H and O–H groups in total. The van der Waals surface area contributed by atoms with Crippen LogP contribution in [0.3, 0.4) is 0 Å². The van der Waals surface area contributed by atoms with E-state index in [4.69, 9.17) is 0 Å². The molecule has 104 valence electrons. The molecule has 0 aromatic heterocycles. The first-order chi connectivity index (χ1) is 9.60. The summed E-state index contributed by atoms with van der Waals surface area (Å²) in [5.41, 5.74) is 3.28. The van der Waals surface area contributed by atoms with Gasteiger partial charge in [0.15, 0.2) is 0 Å². The SMILES string of the molecule is CCC(Nc1cccc([N+](=O)[O-])c1)c1ccc(C)cc1. The van der Waals surface area contributed by atoms with E-state index in [9.17, 15) is 10.1 Å². The fourth-order valence-electron chi connectivity index (χ4n) is 2.13. The summed E-state index contributed by atoms with van der Waals surface area (Å²) in [5, 5.41) is 14.1. The molecule has 0 saturated carbocycles. The first-order valence-corrected chi connectivity index (χ1v) is 6.67. The maximum Gasteiger partial charge on any atom is 0.271 e. The minimum atomic E-state index is -0.377. The molecule has 0 saturated heterocycles. The third-order valence-corrected chi connectivity index (χ3v) is 3.29. The van der Waals surface area contributed by atoms with Crippen LogP contribution in [0.5, 0.6) is 0 Å². The van der Waals surface area contributed by atoms with Crippen LogP contribution >= 0.6 is 0 Å². The second-order valence-electron chi connectivity index (χ2n) is 4.82. The second kappa shape index (κ2) is 6.19. The number of rotatable bonds is 5. The van der Waals surface area contributed by atoms with Gasteiger partial charge in [0.05, 0.1) is 11.0 Å². The average molecular weight is 270 g/mol. The minimum Gasteiger partial charge on any atom is -0.378 e. The minimum absolute atomic E-state index is 0.105. The summed E-state index contributed by atoms with van der Waals surface area (Å²) >= 11 is 0. The zero-order valence-corrected chi connectivity index (χ0v) is 11.7. The molecule has 0 aliphatic carbocycles. The Morgan fingerprint density at radius 3 is 2.50 bits per heavy atom. The van der Waals surface area contributed by atoms with E-state index in [1.807, 2.05) is 6.07 Å². The molecule has 4 heteroatoms. The first kappa shape index (κ1) is 14.1. The molecule has 2 aromatic rings. The highest BCUT2D eigenvalue weighted by molar-refractivity contribution is 5.52. The monoisotopic (exact) mass is 270 g/mol. The van der Waals surface area contributed by atoms with Gasteiger partial charge in [0.2, 0.25) is 0 Å². The van der Waals surface area contributed by atoms with Crippen molar-refractivity contribution in [3.05, 3.63) is 69.8 Å². The van der Waals surface area contributed by atoms with Crippen LogP contribution in [0, 0.1) is 17.0 Å². The van der Waals surface area contributed by atoms with Crippen molar-refractivity contribution in [2.24, 2.45) is 0 Å². The normalized spacial score (nSPS) is 11.9. The summed E-state index contributed by atoms with van der Waals surface area (Å²) < 4.78 is 0. The van der Waals surface area contributed by atoms with Crippen molar-refractivity contribution < 1.29 is 4.92 Å². The molecule has 2 aromatic carbocycles. The molecule has 0 heterocycles. The van der Waals surface area contributed by atoms with Crippen molar-refractivity contribution in [1.82, 2.24) is 0 Å². The maximum atomic E-state index is 10.8. The molecule has 0 radical (unpaired) electrons. The molecule has 0 bridgehead atoms. The van der Waals surface area contributed by atoms with Gasteiger partial charge in [0.25, 0.3) is 5.69 Å². The molecule has 0 spiro atoms. The largest absolute Gasteiger partial charge is 0.378 e. The third kappa shape index (κ3) is 3.35. The van der Waals surface area contributed by atoms with Crippen LogP contribution in [-0.2, 0) is 0 Å². The van der Waals surface area contributed by atoms with E-state index in [0.717, 1.165) is 12.1 Å². The Hall–Kier alpha value is -2.36. The topological polar surface area (TPSA) is 55.2 Å². The van der Waals surface area contributed by atoms with Crippen molar-refractivity contribution in [3.8, 4) is 0 Å². The van der Waals surface area contributed by atoms with E-state index in [-0.39, 0.29) is 16.7 Å². The van der Waals surface area contributed by atoms with Gasteiger partial charge >= 0.3 is 0 Å². The van der Waals surface area contributed by atoms with Crippen LogP contribution in [0.2, 0.25) is 0 Å². The fraction of sp³-hybridized carbons (Fsp3) is 0.250. The first-order valence-electron chi connectivity index (χ1n) is 6.67. The molecule has 20 heavy (non-hydrogen) atoms. The van der Waals surface area contributed by atoms with Gasteiger partial charge in [-0.25, -0.2) is 0 Å². The van der Waals surface area contributed by atoms with Gasteiger partial charge in [-0.1, -0.05) is 42.8 Å². The Bertz CT molecular complexity index is 594. The standard InChI is InChI=1S/C16H18N2O2/c1-3-16(13-9-7-12(2)8-10-13)17-14-5-4-6-15(11-14)18(19)20/h4-11,16-17H,3H2,1-2H3. The highest BCUT2D eigenvalue weighted by atomic mass is 16.6. The molecule has 0 aliphatic heterocycles. The number of nitrogens with zero attached hydrogens (tertiary/aromatic N) is 1. The Balaban J connectivity index is 2.19. The number of nitrogens with one attached hydrogen (secondary N) is 1. The molecular weight excluding hydrogens is 252 g/mol. The highest BCUT2D eigenvalue weighted by Crippen LogP contribution is 2.25. The summed E-state index contributed by atoms with van der Waals surface area (Å²) in [4.78, 5) is 10.4. The summed E-state index contributed by atoms with van der Waals surface area (Å²) in [6.07, 6.45) is 0.908. The average Bonchev–Trinajstić information content (AvgIpc) is 2.46. The van der Waals surface area contributed by atoms with Crippen molar-refractivity contribution >= 4 is 11.4 Å². The van der Waals surface area contributed by atoms with Gasteiger partial charge in [-0.05, 0) is 25.0 Å². The van der Waals surface area contributed by atoms with Crippen molar-refractivity contribution in [2.75, 3.05) is 5.32 Å². The highest BCUT2D eigenvalue weighted by Gasteiger charge is 2.11. The maximum absolute atomic E-state index is 10.8. The quantitative estimate of drug-likeness (QED) is 0.644. The van der Waals surface area contributed by atoms with Crippen LogP contribution < -0.4 is 5.32 Å². The summed E-state index contributed by atoms with van der Waals surface area (Å²) in [7, 11) is 0. The van der Waals surface area contributed by atoms with Gasteiger partial charge in [-0.3, -0.25) is 10.1 Å². The van der Waals surface area contributed by atoms with Crippen LogP contribution in [-0.4, -0.2) is 4.92 Å². The number of nitro benzene ring substituents is 1. The Morgan fingerprint density at radius 1 is 1.20 bits per heavy atom. The molecular formula is C16H18N2O2. The number of anilines is 1. The van der Waals surface area contributed by atoms with Gasteiger partial charge in [0.1, 0.15) is 0 Å². The molecule has 0 aliphatic rings. The molecule has 4 nitrogen and oxygen atoms in total. The van der Waals surface area contributed by atoms with E-state index in [1.165, 1.54) is 17.2 Å². The summed E-state index contributed by atoms with van der Waals surface area (Å²) in [6, 6.07) is 15.1. The molecule has 2 rings (SSSR count). The number of hydrogen-bond donors (Lipinski definition) is 1. The lowest BCUT2D eigenvalue weighted by molar-refractivity contribution is -0.384. The second-order valence-corrected chi connectivity index (χ2v) is 4.82. The molecule has 0 amide bonds. The smallest absolute Gasteiger partial charge is 0.271 e. The Labute approximate surface area is 118 Å². The predicted molar refractivity (Wildman–Crippen MR) is 80.9 cm³/mol. The Morgan fingerprint density at radius 2 is 1.90 bits per heavy atom. The van der Waals surface area contributed by atoms with Gasteiger partial charge in [-0.2, -0.15) is 0 Å². The number of non-ortho nitro benzene ring substituents is 1. The van der Waals surface area contributed by atoms with Crippen LogP contribution in [0.15, 0.2) is 48.5 Å². The van der Waals surface area contributed by atoms with E-state index < -0.39 is 0 Å². The Kier molecular flexibility index (Phi) is 4.35. The van der Waals surface area contributed by atoms with Crippen molar-refractivity contribution in [1.29, 1.82) is 0 Å². The molecule has 1 atom stereocenters. The zero-order chi connectivity index (χ0) is 14.5. The lowest BCUT2D eigenvalue weighted by Gasteiger charge is -2.19. The lowest BCUT2D eigenvalue weighted by atomic mass is 10.0. The number of nitro groups is 1. The van der Waals surface area contributed by atoms with Gasteiger partial charge < -0.3 is 5.32 Å². The summed E-state index contributed by atoms with van der Waals surface area (Å²) in [6.45, 7) is 4.15. The number of benzene rings is 2. The predicted octanol–water partition coefficient (Wildman–Crippen LogP) is 4.47. The van der Waals surface area contributed by atoms with E-state index >= 15 is 0 Å². The van der Waals surface area contributed by atoms with Crippen molar-refractivity contribution in [3.63, 3.8) is 0 Å². The van der Waals surface area contributed by atoms with Crippen LogP contribution in [0.1, 0.15) is 30.5 Å². The van der Waals surface area contributed by atoms with Crippen LogP contribution in [0.25, 0.3) is 0 Å². The van der Waals surface area contributed by atoms with Gasteiger partial charge in [0, 0.05) is 17.8 Å². The fourth-order valence-corrected chi connectivity index (χ4v) is 2.13. The lowest BCUT2D eigenvalue weighted by Crippen LogP contribution is -2.09. The summed E-state index contributed by atoms with van der Waals surface area (Å²) in [5.74, 6) is 0. The molecule has 1 unspecified atom stereocenters. The van der Waals surface area contributed by atoms with Crippen molar-refractivity contribution in [2.45, 2.75) is 26.3 Å². The number of hydrogen-bond acceptors (Lipinski definition) is 3. The van der Waals surface area contributed by atoms with Crippen LogP contribution in [0.4, 0.5) is 11.4 Å². The van der Waals surface area contributed by atoms with E-state index in [1.54, 1.807) is 12.1 Å². The zero-order valence-electron chi connectivity index (χ0n) is 11.7. The number of aryl methyl sites for hydroxylation is 1. The van der Waals surface area contributed by atoms with E-state index in [2.05, 4.69) is 43.4 Å². The van der Waals surface area contributed by atoms with E-state index in [0.29, 0.717) is 0 Å². The third-order valence-electron chi connectivity index (χ3n) is 3.29. The van der Waals surface area contributed by atoms with Gasteiger partial charge in [-0.15, -0.1) is 0 Å².